The molecule has 0 unspecified atom stereocenters. The number of fused-ring (bicyclic) bond motifs is 1. The van der Waals surface area contributed by atoms with Crippen LogP contribution >= 0.6 is 0 Å². The Bertz CT molecular complexity index is 816. The fourth-order valence-electron chi connectivity index (χ4n) is 2.87. The van der Waals surface area contributed by atoms with Crippen LogP contribution in [0.15, 0.2) is 42.5 Å². The molecule has 0 spiro atoms. The number of Topliss-reactive ketones (excluding diaryl/α,β-unsaturated/α-hetero) is 1. The standard InChI is InChI=1S/C21H23NO3/c1-13-17-11-14(5-10-18(17)22-20(13)24)19(23)12-25-16-8-6-15(7-9-16)21(2,3)4/h5-11,13H,12H2,1-4H3,(H,22,24)/t13-/m0/s1. The van der Waals surface area contributed by atoms with Crippen LogP contribution in [0, 0.1) is 0 Å². The minimum absolute atomic E-state index is 0.0244. The zero-order valence-corrected chi connectivity index (χ0v) is 15.1. The van der Waals surface area contributed by atoms with E-state index >= 15 is 0 Å². The lowest BCUT2D eigenvalue weighted by molar-refractivity contribution is -0.116. The summed E-state index contributed by atoms with van der Waals surface area (Å²) in [6, 6.07) is 13.1. The van der Waals surface area contributed by atoms with E-state index in [4.69, 9.17) is 4.74 Å². The maximum atomic E-state index is 12.4. The summed E-state index contributed by atoms with van der Waals surface area (Å²) in [5, 5.41) is 2.81. The van der Waals surface area contributed by atoms with Crippen LogP contribution in [-0.2, 0) is 10.2 Å². The van der Waals surface area contributed by atoms with Gasteiger partial charge in [0.05, 0.1) is 5.92 Å². The van der Waals surface area contributed by atoms with Gasteiger partial charge in [0.25, 0.3) is 0 Å². The first-order valence-corrected chi connectivity index (χ1v) is 8.47. The number of hydrogen-bond donors (Lipinski definition) is 1. The maximum absolute atomic E-state index is 12.4. The molecule has 0 saturated carbocycles. The number of nitrogens with one attached hydrogen (secondary N) is 1. The molecule has 0 aliphatic carbocycles. The molecule has 0 radical (unpaired) electrons. The molecule has 4 heteroatoms. The number of rotatable bonds is 4. The van der Waals surface area contributed by atoms with Crippen molar-refractivity contribution in [3.8, 4) is 5.75 Å². The van der Waals surface area contributed by atoms with Crippen molar-refractivity contribution in [1.82, 2.24) is 0 Å². The Labute approximate surface area is 148 Å². The van der Waals surface area contributed by atoms with Crippen LogP contribution in [0.2, 0.25) is 0 Å². The van der Waals surface area contributed by atoms with Crippen molar-refractivity contribution in [2.75, 3.05) is 11.9 Å². The van der Waals surface area contributed by atoms with Crippen LogP contribution in [0.4, 0.5) is 5.69 Å². The molecule has 1 heterocycles. The van der Waals surface area contributed by atoms with Crippen molar-refractivity contribution in [1.29, 1.82) is 0 Å². The first-order valence-electron chi connectivity index (χ1n) is 8.47. The Morgan fingerprint density at radius 3 is 2.44 bits per heavy atom. The second-order valence-corrected chi connectivity index (χ2v) is 7.50. The van der Waals surface area contributed by atoms with Gasteiger partial charge in [-0.2, -0.15) is 0 Å². The van der Waals surface area contributed by atoms with Gasteiger partial charge in [0.1, 0.15) is 5.75 Å². The van der Waals surface area contributed by atoms with Crippen molar-refractivity contribution >= 4 is 17.4 Å². The lowest BCUT2D eigenvalue weighted by atomic mass is 9.87. The summed E-state index contributed by atoms with van der Waals surface area (Å²) in [6.07, 6.45) is 0. The van der Waals surface area contributed by atoms with Crippen molar-refractivity contribution in [3.05, 3.63) is 59.2 Å². The predicted molar refractivity (Wildman–Crippen MR) is 98.5 cm³/mol. The molecule has 25 heavy (non-hydrogen) atoms. The van der Waals surface area contributed by atoms with E-state index in [2.05, 4.69) is 26.1 Å². The van der Waals surface area contributed by atoms with Crippen LogP contribution in [0.3, 0.4) is 0 Å². The highest BCUT2D eigenvalue weighted by atomic mass is 16.5. The second kappa shape index (κ2) is 6.36. The van der Waals surface area contributed by atoms with Gasteiger partial charge in [-0.05, 0) is 53.8 Å². The highest BCUT2D eigenvalue weighted by Gasteiger charge is 2.27. The number of carbonyl (C=O) groups excluding carboxylic acids is 2. The quantitative estimate of drug-likeness (QED) is 0.846. The second-order valence-electron chi connectivity index (χ2n) is 7.50. The molecule has 1 amide bonds. The molecule has 1 aliphatic rings. The first-order chi connectivity index (χ1) is 11.8. The zero-order chi connectivity index (χ0) is 18.2. The van der Waals surface area contributed by atoms with E-state index in [-0.39, 0.29) is 29.6 Å². The highest BCUT2D eigenvalue weighted by Crippen LogP contribution is 2.32. The highest BCUT2D eigenvalue weighted by molar-refractivity contribution is 6.04. The Kier molecular flexibility index (Phi) is 4.38. The summed E-state index contributed by atoms with van der Waals surface area (Å²) in [5.74, 6) is 0.311. The number of carbonyl (C=O) groups is 2. The third kappa shape index (κ3) is 3.58. The van der Waals surface area contributed by atoms with Crippen LogP contribution in [-0.4, -0.2) is 18.3 Å². The van der Waals surface area contributed by atoms with Crippen LogP contribution in [0.1, 0.15) is 55.1 Å². The summed E-state index contributed by atoms with van der Waals surface area (Å²) in [5.41, 5.74) is 3.52. The molecule has 4 nitrogen and oxygen atoms in total. The van der Waals surface area contributed by atoms with Crippen LogP contribution in [0.5, 0.6) is 5.75 Å². The van der Waals surface area contributed by atoms with Crippen molar-refractivity contribution in [2.24, 2.45) is 0 Å². The van der Waals surface area contributed by atoms with E-state index in [9.17, 15) is 9.59 Å². The maximum Gasteiger partial charge on any atom is 0.231 e. The van der Waals surface area contributed by atoms with Gasteiger partial charge in [-0.25, -0.2) is 0 Å². The smallest absolute Gasteiger partial charge is 0.231 e. The van der Waals surface area contributed by atoms with E-state index < -0.39 is 0 Å². The SMILES string of the molecule is C[C@@H]1C(=O)Nc2ccc(C(=O)COc3ccc(C(C)(C)C)cc3)cc21. The Morgan fingerprint density at radius 2 is 1.80 bits per heavy atom. The molecular weight excluding hydrogens is 314 g/mol. The van der Waals surface area contributed by atoms with Gasteiger partial charge in [0.15, 0.2) is 12.4 Å². The number of hydrogen-bond acceptors (Lipinski definition) is 3. The Morgan fingerprint density at radius 1 is 1.12 bits per heavy atom. The molecule has 2 aromatic carbocycles. The average molecular weight is 337 g/mol. The number of amides is 1. The summed E-state index contributed by atoms with van der Waals surface area (Å²) in [6.45, 7) is 8.27. The van der Waals surface area contributed by atoms with Crippen LogP contribution in [0.25, 0.3) is 0 Å². The lowest BCUT2D eigenvalue weighted by Crippen LogP contribution is -2.13. The minimum Gasteiger partial charge on any atom is -0.485 e. The number of anilines is 1. The van der Waals surface area contributed by atoms with E-state index in [0.29, 0.717) is 11.3 Å². The average Bonchev–Trinajstić information content (AvgIpc) is 2.86. The largest absolute Gasteiger partial charge is 0.485 e. The minimum atomic E-state index is -0.228. The zero-order valence-electron chi connectivity index (χ0n) is 15.1. The molecular formula is C21H23NO3. The normalized spacial score (nSPS) is 16.3. The molecule has 0 bridgehead atoms. The molecule has 1 atom stereocenters. The van der Waals surface area contributed by atoms with Crippen molar-refractivity contribution < 1.29 is 14.3 Å². The lowest BCUT2D eigenvalue weighted by Gasteiger charge is -2.19. The molecule has 0 fully saturated rings. The predicted octanol–water partition coefficient (Wildman–Crippen LogP) is 4.30. The van der Waals surface area contributed by atoms with Crippen molar-refractivity contribution in [3.63, 3.8) is 0 Å². The summed E-state index contributed by atoms with van der Waals surface area (Å²) < 4.78 is 5.63. The van der Waals surface area contributed by atoms with E-state index in [1.165, 1.54) is 5.56 Å². The number of benzene rings is 2. The molecule has 2 aromatic rings. The number of ether oxygens (including phenoxy) is 1. The molecule has 130 valence electrons. The third-order valence-electron chi connectivity index (χ3n) is 4.58. The van der Waals surface area contributed by atoms with Gasteiger partial charge < -0.3 is 10.1 Å². The summed E-state index contributed by atoms with van der Waals surface area (Å²) in [4.78, 5) is 24.1. The first kappa shape index (κ1) is 17.2. The molecule has 1 aliphatic heterocycles. The van der Waals surface area contributed by atoms with Gasteiger partial charge in [0, 0.05) is 11.3 Å². The van der Waals surface area contributed by atoms with Crippen LogP contribution < -0.4 is 10.1 Å². The van der Waals surface area contributed by atoms with Gasteiger partial charge in [-0.1, -0.05) is 32.9 Å². The van der Waals surface area contributed by atoms with Gasteiger partial charge in [0.2, 0.25) is 5.91 Å². The fraction of sp³-hybridized carbons (Fsp3) is 0.333. The van der Waals surface area contributed by atoms with Gasteiger partial charge in [-0.15, -0.1) is 0 Å². The topological polar surface area (TPSA) is 55.4 Å². The molecule has 3 rings (SSSR count). The van der Waals surface area contributed by atoms with Crippen molar-refractivity contribution in [2.45, 2.75) is 39.0 Å². The monoisotopic (exact) mass is 337 g/mol. The fourth-order valence-corrected chi connectivity index (χ4v) is 2.87. The molecule has 1 N–H and O–H groups in total. The van der Waals surface area contributed by atoms with Gasteiger partial charge in [-0.3, -0.25) is 9.59 Å². The Balaban J connectivity index is 1.67. The summed E-state index contributed by atoms with van der Waals surface area (Å²) >= 11 is 0. The van der Waals surface area contributed by atoms with Gasteiger partial charge >= 0.3 is 0 Å². The van der Waals surface area contributed by atoms with E-state index in [1.54, 1.807) is 18.2 Å². The third-order valence-corrected chi connectivity index (χ3v) is 4.58. The van der Waals surface area contributed by atoms with E-state index in [1.807, 2.05) is 31.2 Å². The Hall–Kier alpha value is -2.62. The summed E-state index contributed by atoms with van der Waals surface area (Å²) in [7, 11) is 0. The number of ketones is 1. The molecule has 0 aromatic heterocycles. The molecule has 0 saturated heterocycles. The van der Waals surface area contributed by atoms with E-state index in [0.717, 1.165) is 11.3 Å².